The number of carbonyl (C=O) groups is 2. The number of hydrogen-bond donors (Lipinski definition) is 0. The highest BCUT2D eigenvalue weighted by molar-refractivity contribution is 5.82. The van der Waals surface area contributed by atoms with Gasteiger partial charge in [0.15, 0.2) is 11.2 Å². The Morgan fingerprint density at radius 2 is 1.90 bits per heavy atom. The van der Waals surface area contributed by atoms with Crippen molar-refractivity contribution in [2.75, 3.05) is 37.8 Å². The summed E-state index contributed by atoms with van der Waals surface area (Å²) in [7, 11) is 0. The predicted octanol–water partition coefficient (Wildman–Crippen LogP) is 3.13. The van der Waals surface area contributed by atoms with Crippen molar-refractivity contribution >= 4 is 34.6 Å². The molecule has 0 N–H and O–H groups in total. The molecule has 2 fully saturated rings. The van der Waals surface area contributed by atoms with Gasteiger partial charge in [-0.3, -0.25) is 4.79 Å². The largest absolute Gasteiger partial charge is 0.464 e. The van der Waals surface area contributed by atoms with E-state index in [0.717, 1.165) is 18.5 Å². The van der Waals surface area contributed by atoms with Crippen LogP contribution in [0.15, 0.2) is 10.9 Å². The van der Waals surface area contributed by atoms with Crippen molar-refractivity contribution in [1.82, 2.24) is 24.5 Å². The lowest BCUT2D eigenvalue weighted by molar-refractivity contribution is -0.146. The minimum Gasteiger partial charge on any atom is -0.464 e. The summed E-state index contributed by atoms with van der Waals surface area (Å²) in [5.41, 5.74) is 1.85. The highest BCUT2D eigenvalue weighted by atomic mass is 16.6. The van der Waals surface area contributed by atoms with Crippen LogP contribution < -0.4 is 10.3 Å². The minimum atomic E-state index is -0.717. The summed E-state index contributed by atoms with van der Waals surface area (Å²) in [4.78, 5) is 45.6. The SMILES string of the molecule is CCOC(=O)C(C)n1c(CC)c(N2CCN(C(=O)OC(C)(C)C)[C@H]3CC[C@@H]32)c(=O)c2nn(C3=CCOCC3)nc21. The minimum absolute atomic E-state index is 0.0312. The van der Waals surface area contributed by atoms with Crippen molar-refractivity contribution in [2.45, 2.75) is 91.0 Å². The van der Waals surface area contributed by atoms with Gasteiger partial charge in [0.1, 0.15) is 17.3 Å². The summed E-state index contributed by atoms with van der Waals surface area (Å²) >= 11 is 0. The fourth-order valence-electron chi connectivity index (χ4n) is 5.90. The second-order valence-corrected chi connectivity index (χ2v) is 11.5. The lowest BCUT2D eigenvalue weighted by Crippen LogP contribution is -2.67. The van der Waals surface area contributed by atoms with Crippen LogP contribution in [-0.4, -0.2) is 87.1 Å². The van der Waals surface area contributed by atoms with Crippen molar-refractivity contribution in [1.29, 1.82) is 0 Å². The van der Waals surface area contributed by atoms with Crippen LogP contribution >= 0.6 is 0 Å². The lowest BCUT2D eigenvalue weighted by Gasteiger charge is -2.54. The molecule has 3 atom stereocenters. The number of anilines is 1. The predicted molar refractivity (Wildman–Crippen MR) is 149 cm³/mol. The molecule has 5 rings (SSSR count). The van der Waals surface area contributed by atoms with E-state index in [4.69, 9.17) is 19.3 Å². The molecule has 0 bridgehead atoms. The van der Waals surface area contributed by atoms with Gasteiger partial charge in [0.05, 0.1) is 31.6 Å². The number of fused-ring (bicyclic) bond motifs is 2. The maximum Gasteiger partial charge on any atom is 0.410 e. The molecule has 1 aliphatic carbocycles. The zero-order chi connectivity index (χ0) is 28.8. The average Bonchev–Trinajstić information content (AvgIpc) is 3.34. The van der Waals surface area contributed by atoms with Gasteiger partial charge in [0.25, 0.3) is 0 Å². The number of pyridine rings is 1. The molecular weight excluding hydrogens is 516 g/mol. The van der Waals surface area contributed by atoms with Gasteiger partial charge in [0, 0.05) is 31.2 Å². The molecule has 0 spiro atoms. The van der Waals surface area contributed by atoms with Crippen LogP contribution in [0.5, 0.6) is 0 Å². The number of nitrogens with zero attached hydrogens (tertiary/aromatic N) is 6. The van der Waals surface area contributed by atoms with Gasteiger partial charge in [-0.25, -0.2) is 9.59 Å². The molecule has 218 valence electrons. The second kappa shape index (κ2) is 10.9. The molecule has 0 aromatic carbocycles. The number of ether oxygens (including phenoxy) is 3. The number of amides is 1. The number of esters is 1. The number of carbonyl (C=O) groups excluding carboxylic acids is 2. The van der Waals surface area contributed by atoms with Crippen molar-refractivity contribution in [3.05, 3.63) is 22.0 Å². The van der Waals surface area contributed by atoms with E-state index in [1.165, 1.54) is 4.80 Å². The smallest absolute Gasteiger partial charge is 0.410 e. The van der Waals surface area contributed by atoms with Crippen LogP contribution in [-0.2, 0) is 25.4 Å². The zero-order valence-electron chi connectivity index (χ0n) is 24.3. The van der Waals surface area contributed by atoms with E-state index < -0.39 is 17.6 Å². The average molecular weight is 557 g/mol. The Labute approximate surface area is 233 Å². The van der Waals surface area contributed by atoms with E-state index in [1.807, 2.05) is 38.3 Å². The van der Waals surface area contributed by atoms with Crippen LogP contribution in [0, 0.1) is 0 Å². The highest BCUT2D eigenvalue weighted by Crippen LogP contribution is 2.38. The molecule has 1 saturated carbocycles. The molecule has 2 aliphatic heterocycles. The third-order valence-corrected chi connectivity index (χ3v) is 7.86. The second-order valence-electron chi connectivity index (χ2n) is 11.5. The van der Waals surface area contributed by atoms with Crippen molar-refractivity contribution in [3.63, 3.8) is 0 Å². The molecule has 12 heteroatoms. The van der Waals surface area contributed by atoms with Crippen molar-refractivity contribution < 1.29 is 23.8 Å². The van der Waals surface area contributed by atoms with E-state index >= 15 is 0 Å². The van der Waals surface area contributed by atoms with E-state index in [9.17, 15) is 14.4 Å². The Kier molecular flexibility index (Phi) is 7.64. The van der Waals surface area contributed by atoms with Gasteiger partial charge in [-0.15, -0.1) is 10.2 Å². The molecule has 12 nitrogen and oxygen atoms in total. The summed E-state index contributed by atoms with van der Waals surface area (Å²) in [6, 6.07) is -0.801. The first kappa shape index (κ1) is 28.1. The van der Waals surface area contributed by atoms with Gasteiger partial charge in [-0.2, -0.15) is 4.80 Å². The quantitative estimate of drug-likeness (QED) is 0.494. The molecule has 4 heterocycles. The molecule has 2 aromatic rings. The van der Waals surface area contributed by atoms with E-state index in [0.29, 0.717) is 56.2 Å². The Morgan fingerprint density at radius 3 is 2.50 bits per heavy atom. The normalized spacial score (nSPS) is 21.9. The molecule has 1 unspecified atom stereocenters. The lowest BCUT2D eigenvalue weighted by atomic mass is 9.81. The summed E-state index contributed by atoms with van der Waals surface area (Å²) in [5.74, 6) is -0.399. The first-order valence-corrected chi connectivity index (χ1v) is 14.3. The molecular formula is C28H40N6O6. The number of rotatable bonds is 6. The third-order valence-electron chi connectivity index (χ3n) is 7.86. The molecule has 2 aromatic heterocycles. The van der Waals surface area contributed by atoms with Crippen molar-refractivity contribution in [3.8, 4) is 0 Å². The summed E-state index contributed by atoms with van der Waals surface area (Å²) < 4.78 is 18.3. The van der Waals surface area contributed by atoms with Crippen LogP contribution in [0.4, 0.5) is 10.5 Å². The molecule has 1 amide bonds. The molecule has 40 heavy (non-hydrogen) atoms. The van der Waals surface area contributed by atoms with Crippen LogP contribution in [0.3, 0.4) is 0 Å². The topological polar surface area (TPSA) is 121 Å². The Balaban J connectivity index is 1.62. The Bertz CT molecular complexity index is 1390. The summed E-state index contributed by atoms with van der Waals surface area (Å²) in [6.07, 6.45) is 4.38. The van der Waals surface area contributed by atoms with Gasteiger partial charge in [-0.1, -0.05) is 6.92 Å². The van der Waals surface area contributed by atoms with Crippen LogP contribution in [0.1, 0.15) is 72.5 Å². The first-order chi connectivity index (χ1) is 19.1. The fourth-order valence-corrected chi connectivity index (χ4v) is 5.90. The maximum absolute atomic E-state index is 14.2. The molecule has 1 saturated heterocycles. The maximum atomic E-state index is 14.2. The number of piperazine rings is 1. The first-order valence-electron chi connectivity index (χ1n) is 14.3. The Hall–Kier alpha value is -3.41. The number of aromatic nitrogens is 4. The zero-order valence-corrected chi connectivity index (χ0v) is 24.3. The van der Waals surface area contributed by atoms with Gasteiger partial charge >= 0.3 is 12.1 Å². The summed E-state index contributed by atoms with van der Waals surface area (Å²) in [6.45, 7) is 13.2. The van der Waals surface area contributed by atoms with Gasteiger partial charge in [-0.05, 0) is 60.0 Å². The Morgan fingerprint density at radius 1 is 1.15 bits per heavy atom. The fraction of sp³-hybridized carbons (Fsp3) is 0.679. The standard InChI is InChI=1S/C28H40N6O6/c1-7-19-23(31-13-14-32(21-10-9-20(21)31)27(37)40-28(4,5)6)24(35)22-25(33(19)17(3)26(36)39-8-2)30-34(29-22)18-11-15-38-16-12-18/h11,17,20-21H,7-10,12-16H2,1-6H3/t17?,20-,21-/m0/s1. The van der Waals surface area contributed by atoms with Crippen molar-refractivity contribution in [2.24, 2.45) is 0 Å². The highest BCUT2D eigenvalue weighted by Gasteiger charge is 2.47. The third kappa shape index (κ3) is 4.97. The number of hydrogen-bond acceptors (Lipinski definition) is 9. The molecule has 0 radical (unpaired) electrons. The van der Waals surface area contributed by atoms with E-state index in [-0.39, 0.29) is 35.7 Å². The molecule has 3 aliphatic rings. The monoisotopic (exact) mass is 556 g/mol. The van der Waals surface area contributed by atoms with Crippen LogP contribution in [0.25, 0.3) is 16.9 Å². The van der Waals surface area contributed by atoms with E-state index in [1.54, 1.807) is 18.7 Å². The van der Waals surface area contributed by atoms with Gasteiger partial charge in [0.2, 0.25) is 5.43 Å². The van der Waals surface area contributed by atoms with E-state index in [2.05, 4.69) is 10.00 Å². The summed E-state index contributed by atoms with van der Waals surface area (Å²) in [5, 5.41) is 9.37. The van der Waals surface area contributed by atoms with Gasteiger partial charge < -0.3 is 28.6 Å². The van der Waals surface area contributed by atoms with Crippen LogP contribution in [0.2, 0.25) is 0 Å².